The number of nitrogens with one attached hydrogen (secondary N) is 1. The number of para-hydroxylation sites is 1. The van der Waals surface area contributed by atoms with Crippen molar-refractivity contribution in [3.05, 3.63) is 66.2 Å². The van der Waals surface area contributed by atoms with Gasteiger partial charge in [-0.1, -0.05) is 48.5 Å². The molecule has 0 aromatic heterocycles. The van der Waals surface area contributed by atoms with Crippen LogP contribution in [0, 0.1) is 5.92 Å². The fourth-order valence-electron chi connectivity index (χ4n) is 2.98. The summed E-state index contributed by atoms with van der Waals surface area (Å²) in [6.07, 6.45) is -0.824. The van der Waals surface area contributed by atoms with Crippen LogP contribution in [0.1, 0.15) is 18.9 Å². The summed E-state index contributed by atoms with van der Waals surface area (Å²) >= 11 is 0. The highest BCUT2D eigenvalue weighted by Crippen LogP contribution is 2.22. The quantitative estimate of drug-likeness (QED) is 0.798. The first-order chi connectivity index (χ1) is 13.0. The molecule has 2 aromatic carbocycles. The molecule has 1 aliphatic rings. The Morgan fingerprint density at radius 2 is 1.74 bits per heavy atom. The fourth-order valence-corrected chi connectivity index (χ4v) is 2.98. The number of carbonyl (C=O) groups excluding carboxylic acids is 3. The van der Waals surface area contributed by atoms with Crippen LogP contribution in [0.15, 0.2) is 60.7 Å². The molecule has 2 amide bonds. The molecule has 2 atom stereocenters. The molecule has 1 aliphatic heterocycles. The van der Waals surface area contributed by atoms with Gasteiger partial charge in [0.05, 0.1) is 5.92 Å². The Labute approximate surface area is 158 Å². The van der Waals surface area contributed by atoms with Gasteiger partial charge in [0.1, 0.15) is 0 Å². The third-order valence-corrected chi connectivity index (χ3v) is 4.47. The number of ether oxygens (including phenoxy) is 1. The van der Waals surface area contributed by atoms with Gasteiger partial charge >= 0.3 is 5.97 Å². The number of rotatable bonds is 6. The van der Waals surface area contributed by atoms with Crippen LogP contribution in [0.25, 0.3) is 0 Å². The third kappa shape index (κ3) is 4.94. The number of anilines is 1. The van der Waals surface area contributed by atoms with Crippen LogP contribution in [0.4, 0.5) is 5.69 Å². The van der Waals surface area contributed by atoms with Crippen molar-refractivity contribution < 1.29 is 19.1 Å². The van der Waals surface area contributed by atoms with Gasteiger partial charge in [-0.25, -0.2) is 0 Å². The number of carbonyl (C=O) groups is 3. The summed E-state index contributed by atoms with van der Waals surface area (Å²) in [7, 11) is 0. The van der Waals surface area contributed by atoms with Gasteiger partial charge in [-0.15, -0.1) is 0 Å². The highest BCUT2D eigenvalue weighted by atomic mass is 16.5. The minimum Gasteiger partial charge on any atom is -0.452 e. The van der Waals surface area contributed by atoms with Crippen LogP contribution in [0.3, 0.4) is 0 Å². The van der Waals surface area contributed by atoms with Crippen LogP contribution >= 0.6 is 0 Å². The van der Waals surface area contributed by atoms with E-state index in [-0.39, 0.29) is 12.3 Å². The second-order valence-electron chi connectivity index (χ2n) is 6.60. The monoisotopic (exact) mass is 366 g/mol. The molecule has 1 heterocycles. The molecule has 6 nitrogen and oxygen atoms in total. The summed E-state index contributed by atoms with van der Waals surface area (Å²) in [5, 5.41) is 2.69. The Morgan fingerprint density at radius 3 is 2.41 bits per heavy atom. The predicted octanol–water partition coefficient (Wildman–Crippen LogP) is 2.61. The molecule has 2 aromatic rings. The summed E-state index contributed by atoms with van der Waals surface area (Å²) in [6.45, 7) is 2.29. The molecule has 0 aliphatic carbocycles. The van der Waals surface area contributed by atoms with Gasteiger partial charge in [-0.3, -0.25) is 14.4 Å². The van der Waals surface area contributed by atoms with Crippen molar-refractivity contribution in [1.29, 1.82) is 0 Å². The Morgan fingerprint density at radius 1 is 1.11 bits per heavy atom. The Hall–Kier alpha value is -3.15. The maximum Gasteiger partial charge on any atom is 0.312 e. The summed E-state index contributed by atoms with van der Waals surface area (Å²) in [4.78, 5) is 38.4. The number of hydrogen-bond donors (Lipinski definition) is 1. The minimum absolute atomic E-state index is 0.0813. The molecule has 1 N–H and O–H groups in total. The van der Waals surface area contributed by atoms with Gasteiger partial charge in [0.25, 0.3) is 5.91 Å². The van der Waals surface area contributed by atoms with E-state index < -0.39 is 23.9 Å². The summed E-state index contributed by atoms with van der Waals surface area (Å²) in [5.41, 5.74) is 1.64. The number of amides is 2. The van der Waals surface area contributed by atoms with Gasteiger partial charge in [0, 0.05) is 25.2 Å². The molecule has 1 saturated heterocycles. The number of hydrogen-bond acceptors (Lipinski definition) is 4. The number of benzene rings is 2. The first kappa shape index (κ1) is 18.6. The topological polar surface area (TPSA) is 75.7 Å². The van der Waals surface area contributed by atoms with Crippen LogP contribution in [0.2, 0.25) is 0 Å². The van der Waals surface area contributed by atoms with Gasteiger partial charge in [-0.05, 0) is 24.6 Å². The Balaban J connectivity index is 1.52. The highest BCUT2D eigenvalue weighted by molar-refractivity contribution is 5.95. The molecule has 3 rings (SSSR count). The lowest BCUT2D eigenvalue weighted by Crippen LogP contribution is -2.33. The van der Waals surface area contributed by atoms with E-state index in [0.717, 1.165) is 5.56 Å². The second-order valence-corrected chi connectivity index (χ2v) is 6.60. The molecular formula is C21H22N2O4. The van der Waals surface area contributed by atoms with Gasteiger partial charge < -0.3 is 15.0 Å². The van der Waals surface area contributed by atoms with Crippen molar-refractivity contribution in [2.75, 3.05) is 11.9 Å². The summed E-state index contributed by atoms with van der Waals surface area (Å²) < 4.78 is 5.29. The van der Waals surface area contributed by atoms with E-state index >= 15 is 0 Å². The van der Waals surface area contributed by atoms with E-state index in [1.807, 2.05) is 36.4 Å². The Bertz CT molecular complexity index is 807. The lowest BCUT2D eigenvalue weighted by molar-refractivity contribution is -0.157. The predicted molar refractivity (Wildman–Crippen MR) is 101 cm³/mol. The Kier molecular flexibility index (Phi) is 5.86. The molecule has 0 unspecified atom stereocenters. The number of likely N-dealkylation sites (tertiary alicyclic amines) is 1. The molecule has 0 spiro atoms. The standard InChI is InChI=1S/C21H22N2O4/c1-15(20(25)22-18-10-6-3-7-11-18)27-21(26)17-12-19(24)23(14-17)13-16-8-4-2-5-9-16/h2-11,15,17H,12-14H2,1H3,(H,22,25)/t15-,17-/m0/s1. The van der Waals surface area contributed by atoms with E-state index in [2.05, 4.69) is 5.32 Å². The van der Waals surface area contributed by atoms with E-state index in [9.17, 15) is 14.4 Å². The summed E-state index contributed by atoms with van der Waals surface area (Å²) in [5.74, 6) is -1.55. The zero-order chi connectivity index (χ0) is 19.2. The maximum atomic E-state index is 12.4. The first-order valence-electron chi connectivity index (χ1n) is 8.91. The number of esters is 1. The average Bonchev–Trinajstić information content (AvgIpc) is 3.04. The van der Waals surface area contributed by atoms with Crippen LogP contribution in [-0.2, 0) is 25.7 Å². The molecule has 0 radical (unpaired) electrons. The van der Waals surface area contributed by atoms with E-state index in [1.54, 1.807) is 29.2 Å². The first-order valence-corrected chi connectivity index (χ1v) is 8.91. The van der Waals surface area contributed by atoms with Crippen LogP contribution < -0.4 is 5.32 Å². The molecule has 27 heavy (non-hydrogen) atoms. The smallest absolute Gasteiger partial charge is 0.312 e. The molecule has 0 saturated carbocycles. The van der Waals surface area contributed by atoms with Gasteiger partial charge in [0.2, 0.25) is 5.91 Å². The normalized spacial score (nSPS) is 17.4. The van der Waals surface area contributed by atoms with Crippen molar-refractivity contribution in [3.8, 4) is 0 Å². The summed E-state index contributed by atoms with van der Waals surface area (Å²) in [6, 6.07) is 18.6. The lowest BCUT2D eigenvalue weighted by Gasteiger charge is -2.18. The van der Waals surface area contributed by atoms with E-state index in [4.69, 9.17) is 4.74 Å². The zero-order valence-electron chi connectivity index (χ0n) is 15.1. The second kappa shape index (κ2) is 8.49. The minimum atomic E-state index is -0.934. The van der Waals surface area contributed by atoms with Crippen LogP contribution in [0.5, 0.6) is 0 Å². The molecule has 0 bridgehead atoms. The largest absolute Gasteiger partial charge is 0.452 e. The highest BCUT2D eigenvalue weighted by Gasteiger charge is 2.36. The fraction of sp³-hybridized carbons (Fsp3) is 0.286. The van der Waals surface area contributed by atoms with Crippen molar-refractivity contribution in [3.63, 3.8) is 0 Å². The van der Waals surface area contributed by atoms with Crippen molar-refractivity contribution >= 4 is 23.5 Å². The SMILES string of the molecule is C[C@H](OC(=O)[C@H]1CC(=O)N(Cc2ccccc2)C1)C(=O)Nc1ccccc1. The molecule has 6 heteroatoms. The number of nitrogens with zero attached hydrogens (tertiary/aromatic N) is 1. The molecule has 1 fully saturated rings. The van der Waals surface area contributed by atoms with Gasteiger partial charge in [-0.2, -0.15) is 0 Å². The van der Waals surface area contributed by atoms with E-state index in [0.29, 0.717) is 18.8 Å². The average molecular weight is 366 g/mol. The maximum absolute atomic E-state index is 12.4. The van der Waals surface area contributed by atoms with Crippen molar-refractivity contribution in [2.24, 2.45) is 5.92 Å². The van der Waals surface area contributed by atoms with Crippen molar-refractivity contribution in [2.45, 2.75) is 26.0 Å². The molecular weight excluding hydrogens is 344 g/mol. The zero-order valence-corrected chi connectivity index (χ0v) is 15.1. The molecule has 140 valence electrons. The van der Waals surface area contributed by atoms with Crippen molar-refractivity contribution in [1.82, 2.24) is 4.90 Å². The van der Waals surface area contributed by atoms with Crippen LogP contribution in [-0.4, -0.2) is 35.3 Å². The third-order valence-electron chi connectivity index (χ3n) is 4.47. The lowest BCUT2D eigenvalue weighted by atomic mass is 10.1. The van der Waals surface area contributed by atoms with E-state index in [1.165, 1.54) is 6.92 Å². The van der Waals surface area contributed by atoms with Gasteiger partial charge in [0.15, 0.2) is 6.10 Å².